The third-order valence-corrected chi connectivity index (χ3v) is 10.7. The van der Waals surface area contributed by atoms with Crippen molar-refractivity contribution in [3.05, 3.63) is 89.0 Å². The first-order chi connectivity index (χ1) is 22.1. The number of fused-ring (bicyclic) bond motifs is 7. The van der Waals surface area contributed by atoms with E-state index in [2.05, 4.69) is 41.0 Å². The second-order valence-electron chi connectivity index (χ2n) is 13.2. The molecule has 2 unspecified atom stereocenters. The first-order valence-electron chi connectivity index (χ1n) is 16.5. The lowest BCUT2D eigenvalue weighted by atomic mass is 9.81. The predicted octanol–water partition coefficient (Wildman–Crippen LogP) is 7.07. The summed E-state index contributed by atoms with van der Waals surface area (Å²) in [5.41, 5.74) is 7.11. The Hall–Kier alpha value is -4.10. The Bertz CT molecular complexity index is 1770. The Kier molecular flexibility index (Phi) is 7.16. The number of hydrogen-bond donors (Lipinski definition) is 0. The normalized spacial score (nSPS) is 22.6. The van der Waals surface area contributed by atoms with Gasteiger partial charge < -0.3 is 23.7 Å². The van der Waals surface area contributed by atoms with Crippen LogP contribution in [-0.2, 0) is 27.4 Å². The van der Waals surface area contributed by atoms with Gasteiger partial charge in [0.2, 0.25) is 5.91 Å². The molecule has 3 fully saturated rings. The van der Waals surface area contributed by atoms with Gasteiger partial charge in [0.1, 0.15) is 12.4 Å². The molecular formula is C38H40N2O5. The van der Waals surface area contributed by atoms with E-state index < -0.39 is 5.41 Å². The Morgan fingerprint density at radius 3 is 2.53 bits per heavy atom. The molecule has 2 aliphatic carbocycles. The summed E-state index contributed by atoms with van der Waals surface area (Å²) in [7, 11) is 1.43. The summed E-state index contributed by atoms with van der Waals surface area (Å²) in [5.74, 6) is 1.23. The van der Waals surface area contributed by atoms with Gasteiger partial charge in [-0.25, -0.2) is 4.79 Å². The van der Waals surface area contributed by atoms with Crippen molar-refractivity contribution >= 4 is 22.8 Å². The number of esters is 1. The largest absolute Gasteiger partial charge is 0.489 e. The number of amides is 1. The molecule has 2 saturated carbocycles. The van der Waals surface area contributed by atoms with Gasteiger partial charge in [-0.05, 0) is 72.2 Å². The molecule has 3 aromatic carbocycles. The number of carbonyl (C=O) groups is 2. The van der Waals surface area contributed by atoms with Gasteiger partial charge in [0, 0.05) is 42.0 Å². The molecule has 2 atom stereocenters. The Morgan fingerprint density at radius 1 is 0.956 bits per heavy atom. The number of nitrogens with zero attached hydrogens (tertiary/aromatic N) is 2. The van der Waals surface area contributed by atoms with E-state index in [9.17, 15) is 9.59 Å². The van der Waals surface area contributed by atoms with E-state index in [1.54, 1.807) is 0 Å². The van der Waals surface area contributed by atoms with Gasteiger partial charge in [0.25, 0.3) is 0 Å². The van der Waals surface area contributed by atoms with Crippen LogP contribution < -0.4 is 4.74 Å². The van der Waals surface area contributed by atoms with Crippen LogP contribution >= 0.6 is 0 Å². The molecule has 0 bridgehead atoms. The van der Waals surface area contributed by atoms with Crippen molar-refractivity contribution < 1.29 is 23.8 Å². The Balaban J connectivity index is 1.31. The second-order valence-corrected chi connectivity index (χ2v) is 13.2. The van der Waals surface area contributed by atoms with Crippen LogP contribution in [0.25, 0.3) is 22.2 Å². The summed E-state index contributed by atoms with van der Waals surface area (Å²) >= 11 is 0. The summed E-state index contributed by atoms with van der Waals surface area (Å²) in [4.78, 5) is 29.2. The van der Waals surface area contributed by atoms with Crippen LogP contribution in [-0.4, -0.2) is 54.8 Å². The van der Waals surface area contributed by atoms with E-state index in [4.69, 9.17) is 14.2 Å². The lowest BCUT2D eigenvalue weighted by molar-refractivity contribution is -0.141. The number of ether oxygens (including phenoxy) is 3. The zero-order valence-corrected chi connectivity index (χ0v) is 25.9. The highest BCUT2D eigenvalue weighted by Gasteiger charge is 2.64. The fourth-order valence-electron chi connectivity index (χ4n) is 8.31. The maximum absolute atomic E-state index is 14.5. The highest BCUT2D eigenvalue weighted by Crippen LogP contribution is 2.66. The fraction of sp³-hybridized carbons (Fsp3) is 0.421. The predicted molar refractivity (Wildman–Crippen MR) is 173 cm³/mol. The van der Waals surface area contributed by atoms with Crippen molar-refractivity contribution in [2.24, 2.45) is 5.41 Å². The van der Waals surface area contributed by atoms with Crippen molar-refractivity contribution in [1.82, 2.24) is 9.47 Å². The van der Waals surface area contributed by atoms with Crippen molar-refractivity contribution in [2.75, 3.05) is 33.4 Å². The molecule has 1 amide bonds. The van der Waals surface area contributed by atoms with Crippen LogP contribution in [0.4, 0.5) is 0 Å². The summed E-state index contributed by atoms with van der Waals surface area (Å²) in [6, 6.07) is 22.8. The molecule has 4 aromatic rings. The SMILES string of the molecule is COC(=O)c1ccc2c(C3CCCCC3)c3n(c2c1)CC1(C(=O)N2CCOCC2)CC1c1cc(OCc2ccccc2)ccc1-3. The Labute approximate surface area is 264 Å². The summed E-state index contributed by atoms with van der Waals surface area (Å²) in [5, 5.41) is 1.19. The topological polar surface area (TPSA) is 70.0 Å². The van der Waals surface area contributed by atoms with Gasteiger partial charge in [-0.1, -0.05) is 55.7 Å². The second kappa shape index (κ2) is 11.4. The number of rotatable bonds is 6. The first-order valence-corrected chi connectivity index (χ1v) is 16.5. The molecular weight excluding hydrogens is 564 g/mol. The fourth-order valence-corrected chi connectivity index (χ4v) is 8.31. The van der Waals surface area contributed by atoms with Crippen molar-refractivity contribution in [1.29, 1.82) is 0 Å². The highest BCUT2D eigenvalue weighted by atomic mass is 16.5. The lowest BCUT2D eigenvalue weighted by Gasteiger charge is -2.31. The number of carbonyl (C=O) groups excluding carboxylic acids is 2. The molecule has 3 heterocycles. The summed E-state index contributed by atoms with van der Waals surface area (Å²) in [6.45, 7) is 3.48. The summed E-state index contributed by atoms with van der Waals surface area (Å²) < 4.78 is 19.5. The van der Waals surface area contributed by atoms with E-state index in [1.165, 1.54) is 54.1 Å². The van der Waals surface area contributed by atoms with Gasteiger partial charge in [-0.2, -0.15) is 0 Å². The third-order valence-electron chi connectivity index (χ3n) is 10.7. The van der Waals surface area contributed by atoms with Gasteiger partial charge in [0.15, 0.2) is 0 Å². The molecule has 0 N–H and O–H groups in total. The molecule has 45 heavy (non-hydrogen) atoms. The zero-order chi connectivity index (χ0) is 30.5. The molecule has 0 spiro atoms. The highest BCUT2D eigenvalue weighted by molar-refractivity contribution is 6.00. The van der Waals surface area contributed by atoms with E-state index >= 15 is 0 Å². The first kappa shape index (κ1) is 28.4. The lowest BCUT2D eigenvalue weighted by Crippen LogP contribution is -2.45. The number of benzene rings is 3. The van der Waals surface area contributed by atoms with Crippen molar-refractivity contribution in [2.45, 2.75) is 63.5 Å². The number of methoxy groups -OCH3 is 1. The molecule has 7 heteroatoms. The smallest absolute Gasteiger partial charge is 0.337 e. The minimum absolute atomic E-state index is 0.0982. The molecule has 8 rings (SSSR count). The molecule has 4 aliphatic rings. The monoisotopic (exact) mass is 604 g/mol. The van der Waals surface area contributed by atoms with E-state index in [0.29, 0.717) is 50.9 Å². The molecule has 2 aliphatic heterocycles. The molecule has 7 nitrogen and oxygen atoms in total. The molecule has 1 saturated heterocycles. The number of hydrogen-bond acceptors (Lipinski definition) is 5. The van der Waals surface area contributed by atoms with Crippen LogP contribution in [0.15, 0.2) is 66.7 Å². The third kappa shape index (κ3) is 4.83. The maximum atomic E-state index is 14.5. The molecule has 232 valence electrons. The quantitative estimate of drug-likeness (QED) is 0.220. The molecule has 1 aromatic heterocycles. The van der Waals surface area contributed by atoms with E-state index in [0.717, 1.165) is 36.1 Å². The maximum Gasteiger partial charge on any atom is 0.337 e. The minimum atomic E-state index is -0.549. The van der Waals surface area contributed by atoms with E-state index in [-0.39, 0.29) is 17.8 Å². The van der Waals surface area contributed by atoms with Gasteiger partial charge in [0.05, 0.1) is 37.0 Å². The van der Waals surface area contributed by atoms with Crippen LogP contribution in [0.5, 0.6) is 5.75 Å². The average molecular weight is 605 g/mol. The van der Waals surface area contributed by atoms with Crippen LogP contribution in [0.1, 0.15) is 77.4 Å². The van der Waals surface area contributed by atoms with E-state index in [1.807, 2.05) is 35.2 Å². The van der Waals surface area contributed by atoms with Crippen molar-refractivity contribution in [3.8, 4) is 17.0 Å². The summed E-state index contributed by atoms with van der Waals surface area (Å²) in [6.07, 6.45) is 6.82. The minimum Gasteiger partial charge on any atom is -0.489 e. The van der Waals surface area contributed by atoms with Crippen LogP contribution in [0, 0.1) is 5.41 Å². The molecule has 0 radical (unpaired) electrons. The van der Waals surface area contributed by atoms with Gasteiger partial charge in [-0.3, -0.25) is 4.79 Å². The standard InChI is InChI=1S/C38H40N2O5/c1-43-36(41)27-12-14-30-33(20-27)40-24-38(37(42)39-16-18-44-19-17-39)22-32(38)31-21-28(45-23-25-8-4-2-5-9-25)13-15-29(31)35(40)34(30)26-10-6-3-7-11-26/h2,4-5,8-9,12-15,20-21,26,32H,3,6-7,10-11,16-19,22-24H2,1H3. The van der Waals surface area contributed by atoms with Gasteiger partial charge in [-0.15, -0.1) is 0 Å². The zero-order valence-electron chi connectivity index (χ0n) is 25.9. The number of aromatic nitrogens is 1. The van der Waals surface area contributed by atoms with Crippen molar-refractivity contribution in [3.63, 3.8) is 0 Å². The van der Waals surface area contributed by atoms with Gasteiger partial charge >= 0.3 is 5.97 Å². The van der Waals surface area contributed by atoms with Crippen LogP contribution in [0.3, 0.4) is 0 Å². The Morgan fingerprint density at radius 2 is 1.76 bits per heavy atom. The van der Waals surface area contributed by atoms with Crippen LogP contribution in [0.2, 0.25) is 0 Å². The number of morpholine rings is 1. The average Bonchev–Trinajstić information content (AvgIpc) is 3.77.